The van der Waals surface area contributed by atoms with Crippen molar-refractivity contribution in [2.75, 3.05) is 20.1 Å². The molecule has 4 rings (SSSR count). The van der Waals surface area contributed by atoms with Crippen LogP contribution in [0.25, 0.3) is 0 Å². The first-order chi connectivity index (χ1) is 12.2. The molecule has 0 radical (unpaired) electrons. The molecule has 2 aliphatic heterocycles. The third kappa shape index (κ3) is 2.95. The van der Waals surface area contributed by atoms with Gasteiger partial charge in [0.1, 0.15) is 0 Å². The summed E-state index contributed by atoms with van der Waals surface area (Å²) < 4.78 is 0. The standard InChI is InChI=1S/C21H25N3O/c1-23-20(25)14-19(18-7-3-2-4-8-18)21(23)9-12-24(13-10-21)16-17-6-5-11-22-15-17/h2-8,11,15,19H,9-10,12-14,16H2,1H3. The van der Waals surface area contributed by atoms with Crippen LogP contribution in [0.2, 0.25) is 0 Å². The van der Waals surface area contributed by atoms with Crippen molar-refractivity contribution < 1.29 is 4.79 Å². The number of nitrogens with zero attached hydrogens (tertiary/aromatic N) is 3. The number of likely N-dealkylation sites (tertiary alicyclic amines) is 2. The fourth-order valence-electron chi connectivity index (χ4n) is 4.63. The van der Waals surface area contributed by atoms with Gasteiger partial charge in [0.25, 0.3) is 0 Å². The van der Waals surface area contributed by atoms with Crippen molar-refractivity contribution in [3.63, 3.8) is 0 Å². The van der Waals surface area contributed by atoms with Crippen LogP contribution >= 0.6 is 0 Å². The van der Waals surface area contributed by atoms with Gasteiger partial charge in [-0.1, -0.05) is 36.4 Å². The fourth-order valence-corrected chi connectivity index (χ4v) is 4.63. The minimum Gasteiger partial charge on any atom is -0.339 e. The lowest BCUT2D eigenvalue weighted by Gasteiger charge is -2.47. The second-order valence-electron chi connectivity index (χ2n) is 7.36. The monoisotopic (exact) mass is 335 g/mol. The van der Waals surface area contributed by atoms with E-state index in [2.05, 4.69) is 40.2 Å². The zero-order valence-corrected chi connectivity index (χ0v) is 14.8. The highest BCUT2D eigenvalue weighted by molar-refractivity contribution is 5.81. The molecule has 4 nitrogen and oxygen atoms in total. The number of carbonyl (C=O) groups is 1. The molecular formula is C21H25N3O. The van der Waals surface area contributed by atoms with Crippen LogP contribution in [0, 0.1) is 0 Å². The molecule has 4 heteroatoms. The lowest BCUT2D eigenvalue weighted by molar-refractivity contribution is -0.130. The number of rotatable bonds is 3. The molecule has 1 aromatic carbocycles. The minimum atomic E-state index is -0.0239. The summed E-state index contributed by atoms with van der Waals surface area (Å²) >= 11 is 0. The van der Waals surface area contributed by atoms with E-state index < -0.39 is 0 Å². The Kier molecular flexibility index (Phi) is 4.30. The normalized spacial score (nSPS) is 23.3. The Hall–Kier alpha value is -2.20. The third-order valence-electron chi connectivity index (χ3n) is 6.12. The maximum Gasteiger partial charge on any atom is 0.223 e. The van der Waals surface area contributed by atoms with E-state index in [1.807, 2.05) is 36.5 Å². The largest absolute Gasteiger partial charge is 0.339 e. The average molecular weight is 335 g/mol. The van der Waals surface area contributed by atoms with Gasteiger partial charge >= 0.3 is 0 Å². The number of amides is 1. The molecule has 0 saturated carbocycles. The number of benzene rings is 1. The maximum atomic E-state index is 12.5. The summed E-state index contributed by atoms with van der Waals surface area (Å²) in [5, 5.41) is 0. The Morgan fingerprint density at radius 2 is 1.88 bits per heavy atom. The number of pyridine rings is 1. The third-order valence-corrected chi connectivity index (χ3v) is 6.12. The summed E-state index contributed by atoms with van der Waals surface area (Å²) in [6, 6.07) is 14.7. The maximum absolute atomic E-state index is 12.5. The van der Waals surface area contributed by atoms with Crippen molar-refractivity contribution in [1.82, 2.24) is 14.8 Å². The lowest BCUT2D eigenvalue weighted by Crippen LogP contribution is -2.53. The van der Waals surface area contributed by atoms with Crippen molar-refractivity contribution in [3.05, 3.63) is 66.0 Å². The zero-order chi connectivity index (χ0) is 17.3. The number of carbonyl (C=O) groups excluding carboxylic acids is 1. The molecule has 1 atom stereocenters. The summed E-state index contributed by atoms with van der Waals surface area (Å²) in [7, 11) is 2.00. The number of aromatic nitrogens is 1. The van der Waals surface area contributed by atoms with Crippen molar-refractivity contribution in [2.45, 2.75) is 37.3 Å². The molecule has 1 spiro atoms. The van der Waals surface area contributed by atoms with Crippen molar-refractivity contribution in [3.8, 4) is 0 Å². The molecule has 3 heterocycles. The van der Waals surface area contributed by atoms with Crippen LogP contribution in [0.4, 0.5) is 0 Å². The summed E-state index contributed by atoms with van der Waals surface area (Å²) in [5.41, 5.74) is 2.54. The second kappa shape index (κ2) is 6.60. The molecule has 2 saturated heterocycles. The predicted molar refractivity (Wildman–Crippen MR) is 98.0 cm³/mol. The van der Waals surface area contributed by atoms with E-state index in [4.69, 9.17) is 0 Å². The zero-order valence-electron chi connectivity index (χ0n) is 14.8. The Morgan fingerprint density at radius 3 is 2.56 bits per heavy atom. The predicted octanol–water partition coefficient (Wildman–Crippen LogP) is 3.06. The first kappa shape index (κ1) is 16.3. The lowest BCUT2D eigenvalue weighted by atomic mass is 9.73. The van der Waals surface area contributed by atoms with Gasteiger partial charge in [-0.2, -0.15) is 0 Å². The summed E-state index contributed by atoms with van der Waals surface area (Å²) in [5.74, 6) is 0.598. The van der Waals surface area contributed by atoms with Gasteiger partial charge in [0.2, 0.25) is 5.91 Å². The molecule has 2 fully saturated rings. The smallest absolute Gasteiger partial charge is 0.223 e. The van der Waals surface area contributed by atoms with Crippen LogP contribution in [-0.4, -0.2) is 46.4 Å². The van der Waals surface area contributed by atoms with Crippen LogP contribution in [-0.2, 0) is 11.3 Å². The van der Waals surface area contributed by atoms with Gasteiger partial charge in [-0.15, -0.1) is 0 Å². The second-order valence-corrected chi connectivity index (χ2v) is 7.36. The van der Waals surface area contributed by atoms with Crippen LogP contribution in [0.5, 0.6) is 0 Å². The number of likely N-dealkylation sites (N-methyl/N-ethyl adjacent to an activating group) is 1. The van der Waals surface area contributed by atoms with Crippen molar-refractivity contribution >= 4 is 5.91 Å². The Balaban J connectivity index is 1.52. The van der Waals surface area contributed by atoms with Gasteiger partial charge < -0.3 is 4.90 Å². The highest BCUT2D eigenvalue weighted by Gasteiger charge is 2.52. The van der Waals surface area contributed by atoms with Gasteiger partial charge in [0, 0.05) is 51.4 Å². The molecule has 0 aliphatic carbocycles. The van der Waals surface area contributed by atoms with Crippen molar-refractivity contribution in [1.29, 1.82) is 0 Å². The molecule has 25 heavy (non-hydrogen) atoms. The number of hydrogen-bond acceptors (Lipinski definition) is 3. The highest BCUT2D eigenvalue weighted by Crippen LogP contribution is 2.48. The quantitative estimate of drug-likeness (QED) is 0.865. The Bertz CT molecular complexity index is 723. The van der Waals surface area contributed by atoms with Gasteiger partial charge in [0.05, 0.1) is 5.54 Å². The van der Waals surface area contributed by atoms with E-state index in [1.54, 1.807) is 0 Å². The SMILES string of the molecule is CN1C(=O)CC(c2ccccc2)C12CCN(Cc1cccnc1)CC2. The summed E-state index contributed by atoms with van der Waals surface area (Å²) in [4.78, 5) is 21.3. The molecule has 1 amide bonds. The van der Waals surface area contributed by atoms with Crippen LogP contribution in [0.15, 0.2) is 54.9 Å². The van der Waals surface area contributed by atoms with Gasteiger partial charge in [-0.05, 0) is 30.0 Å². The van der Waals surface area contributed by atoms with Gasteiger partial charge in [-0.25, -0.2) is 0 Å². The van der Waals surface area contributed by atoms with Crippen molar-refractivity contribution in [2.24, 2.45) is 0 Å². The van der Waals surface area contributed by atoms with E-state index in [0.29, 0.717) is 12.3 Å². The Morgan fingerprint density at radius 1 is 1.12 bits per heavy atom. The molecule has 1 aromatic heterocycles. The molecular weight excluding hydrogens is 310 g/mol. The fraction of sp³-hybridized carbons (Fsp3) is 0.429. The van der Waals surface area contributed by atoms with E-state index in [1.165, 1.54) is 11.1 Å². The summed E-state index contributed by atoms with van der Waals surface area (Å²) in [6.45, 7) is 2.99. The molecule has 2 aliphatic rings. The molecule has 1 unspecified atom stereocenters. The van der Waals surface area contributed by atoms with Gasteiger partial charge in [0.15, 0.2) is 0 Å². The highest BCUT2D eigenvalue weighted by atomic mass is 16.2. The first-order valence-electron chi connectivity index (χ1n) is 9.12. The summed E-state index contributed by atoms with van der Waals surface area (Å²) in [6.07, 6.45) is 6.48. The van der Waals surface area contributed by atoms with E-state index in [0.717, 1.165) is 32.5 Å². The molecule has 0 bridgehead atoms. The topological polar surface area (TPSA) is 36.4 Å². The number of piperidine rings is 1. The van der Waals surface area contributed by atoms with Crippen LogP contribution < -0.4 is 0 Å². The van der Waals surface area contributed by atoms with Crippen LogP contribution in [0.1, 0.15) is 36.3 Å². The molecule has 0 N–H and O–H groups in total. The van der Waals surface area contributed by atoms with E-state index >= 15 is 0 Å². The minimum absolute atomic E-state index is 0.0239. The number of hydrogen-bond donors (Lipinski definition) is 0. The molecule has 130 valence electrons. The Labute approximate surface area is 149 Å². The van der Waals surface area contributed by atoms with Crippen LogP contribution in [0.3, 0.4) is 0 Å². The molecule has 2 aromatic rings. The van der Waals surface area contributed by atoms with E-state index in [-0.39, 0.29) is 11.4 Å². The first-order valence-corrected chi connectivity index (χ1v) is 9.12. The average Bonchev–Trinajstić information content (AvgIpc) is 2.90. The van der Waals surface area contributed by atoms with E-state index in [9.17, 15) is 4.79 Å². The van der Waals surface area contributed by atoms with Gasteiger partial charge in [-0.3, -0.25) is 14.7 Å².